The number of nitrogens with zero attached hydrogens (tertiary/aromatic N) is 2. The average molecular weight is 703 g/mol. The monoisotopic (exact) mass is 702 g/mol. The van der Waals surface area contributed by atoms with Gasteiger partial charge in [-0.05, 0) is 42.2 Å². The van der Waals surface area contributed by atoms with Gasteiger partial charge in [0.2, 0.25) is 0 Å². The van der Waals surface area contributed by atoms with Gasteiger partial charge in [0.1, 0.15) is 11.9 Å². The first kappa shape index (κ1) is 38.5. The Morgan fingerprint density at radius 2 is 1.60 bits per heavy atom. The molecular weight excluding hydrogens is 641 g/mol. The van der Waals surface area contributed by atoms with E-state index in [4.69, 9.17) is 14.5 Å². The van der Waals surface area contributed by atoms with Crippen molar-refractivity contribution in [3.63, 3.8) is 0 Å². The predicted molar refractivity (Wildman–Crippen MR) is 205 cm³/mol. The first-order valence-electron chi connectivity index (χ1n) is 19.5. The number of aromatic nitrogens is 1. The number of unbranched alkanes of at least 4 members (excludes halogenated alkanes) is 10. The number of likely N-dealkylation sites (tertiary alicyclic amines) is 1. The number of fused-ring (bicyclic) bond motifs is 1. The smallest absolute Gasteiger partial charge is 0.161 e. The van der Waals surface area contributed by atoms with E-state index in [9.17, 15) is 9.90 Å². The van der Waals surface area contributed by atoms with E-state index >= 15 is 0 Å². The molecule has 2 heterocycles. The SMILES string of the molecule is CCCCCCCCCCCCCC(=O)C(C)C(c1cscn1)N1C[C@@H](c2ccc(OC)c(OC3Cc4ccccc4C3)c2)[C@](C)([C@@H](C)O)C1. The summed E-state index contributed by atoms with van der Waals surface area (Å²) < 4.78 is 12.4. The second kappa shape index (κ2) is 18.7. The largest absolute Gasteiger partial charge is 0.493 e. The summed E-state index contributed by atoms with van der Waals surface area (Å²) in [4.78, 5) is 21.0. The van der Waals surface area contributed by atoms with Crippen LogP contribution in [0, 0.1) is 11.3 Å². The minimum Gasteiger partial charge on any atom is -0.493 e. The number of benzene rings is 2. The zero-order valence-corrected chi connectivity index (χ0v) is 32.2. The Balaban J connectivity index is 1.24. The van der Waals surface area contributed by atoms with Crippen LogP contribution >= 0.6 is 11.3 Å². The standard InChI is InChI=1S/C43H62N2O4S/c1-6-7-8-9-10-11-12-13-14-15-16-21-39(47)31(2)42(38-28-50-30-44-38)45-27-37(43(4,29-45)32(3)46)35-22-23-40(48-5)41(26-35)49-36-24-33-19-17-18-20-34(33)25-36/h17-20,22-23,26,28,30-32,36-37,42,46H,6-16,21,24-25,27,29H2,1-5H3/t31?,32-,37+,42?,43+/m1/s1. The minimum atomic E-state index is -0.549. The quantitative estimate of drug-likeness (QED) is 0.111. The minimum absolute atomic E-state index is 0.0339. The number of ether oxygens (including phenoxy) is 2. The molecule has 1 saturated heterocycles. The zero-order chi connectivity index (χ0) is 35.5. The van der Waals surface area contributed by atoms with Gasteiger partial charge in [0.15, 0.2) is 11.5 Å². The van der Waals surface area contributed by atoms with Crippen LogP contribution in [0.1, 0.15) is 139 Å². The number of hydrogen-bond acceptors (Lipinski definition) is 7. The van der Waals surface area contributed by atoms with Gasteiger partial charge in [-0.1, -0.05) is 115 Å². The molecule has 2 unspecified atom stereocenters. The summed E-state index contributed by atoms with van der Waals surface area (Å²) in [6, 6.07) is 14.7. The van der Waals surface area contributed by atoms with E-state index in [0.717, 1.165) is 55.0 Å². The van der Waals surface area contributed by atoms with Gasteiger partial charge in [-0.25, -0.2) is 4.98 Å². The summed E-state index contributed by atoms with van der Waals surface area (Å²) in [5.41, 5.74) is 6.23. The van der Waals surface area contributed by atoms with Crippen LogP contribution in [0.25, 0.3) is 0 Å². The molecule has 0 bridgehead atoms. The first-order valence-corrected chi connectivity index (χ1v) is 20.4. The van der Waals surface area contributed by atoms with E-state index < -0.39 is 11.5 Å². The Hall–Kier alpha value is -2.74. The molecule has 50 heavy (non-hydrogen) atoms. The molecule has 1 N–H and O–H groups in total. The van der Waals surface area contributed by atoms with Crippen molar-refractivity contribution in [1.29, 1.82) is 0 Å². The van der Waals surface area contributed by atoms with Crippen LogP contribution < -0.4 is 9.47 Å². The first-order chi connectivity index (χ1) is 24.2. The molecule has 2 aromatic carbocycles. The summed E-state index contributed by atoms with van der Waals surface area (Å²) in [5.74, 6) is 1.64. The normalized spacial score (nSPS) is 21.2. The Kier molecular flexibility index (Phi) is 14.4. The maximum absolute atomic E-state index is 13.8. The maximum atomic E-state index is 13.8. The van der Waals surface area contributed by atoms with E-state index in [1.807, 2.05) is 18.5 Å². The van der Waals surface area contributed by atoms with Crippen molar-refractivity contribution in [2.75, 3.05) is 20.2 Å². The second-order valence-corrected chi connectivity index (χ2v) is 16.1. The molecule has 1 aromatic heterocycles. The molecular formula is C43H62N2O4S. The van der Waals surface area contributed by atoms with Gasteiger partial charge in [-0.15, -0.1) is 11.3 Å². The van der Waals surface area contributed by atoms with Crippen LogP contribution in [0.3, 0.4) is 0 Å². The number of Topliss-reactive ketones (excluding diaryl/α,β-unsaturated/α-hetero) is 1. The Morgan fingerprint density at radius 1 is 0.960 bits per heavy atom. The molecule has 1 fully saturated rings. The van der Waals surface area contributed by atoms with Gasteiger partial charge in [0, 0.05) is 55.0 Å². The number of aliphatic hydroxyl groups is 1. The highest BCUT2D eigenvalue weighted by Gasteiger charge is 2.50. The van der Waals surface area contributed by atoms with Crippen LogP contribution in [0.4, 0.5) is 0 Å². The van der Waals surface area contributed by atoms with E-state index in [2.05, 4.69) is 67.4 Å². The van der Waals surface area contributed by atoms with Gasteiger partial charge in [-0.2, -0.15) is 0 Å². The summed E-state index contributed by atoms with van der Waals surface area (Å²) >= 11 is 1.58. The van der Waals surface area contributed by atoms with Crippen molar-refractivity contribution < 1.29 is 19.4 Å². The van der Waals surface area contributed by atoms with E-state index in [-0.39, 0.29) is 24.0 Å². The molecule has 0 amide bonds. The maximum Gasteiger partial charge on any atom is 0.161 e. The van der Waals surface area contributed by atoms with Crippen LogP contribution in [0.5, 0.6) is 11.5 Å². The summed E-state index contributed by atoms with van der Waals surface area (Å²) in [5, 5.41) is 13.4. The molecule has 0 saturated carbocycles. The highest BCUT2D eigenvalue weighted by atomic mass is 32.1. The fourth-order valence-electron chi connectivity index (χ4n) is 8.45. The van der Waals surface area contributed by atoms with Gasteiger partial charge in [0.05, 0.1) is 30.5 Å². The molecule has 0 radical (unpaired) electrons. The lowest BCUT2D eigenvalue weighted by Crippen LogP contribution is -2.39. The van der Waals surface area contributed by atoms with Crippen molar-refractivity contribution >= 4 is 17.1 Å². The third-order valence-electron chi connectivity index (χ3n) is 11.8. The third-order valence-corrected chi connectivity index (χ3v) is 12.4. The second-order valence-electron chi connectivity index (χ2n) is 15.4. The molecule has 1 aliphatic heterocycles. The van der Waals surface area contributed by atoms with Gasteiger partial charge >= 0.3 is 0 Å². The summed E-state index contributed by atoms with van der Waals surface area (Å²) in [6.07, 6.45) is 15.9. The van der Waals surface area contributed by atoms with Crippen LogP contribution in [-0.4, -0.2) is 53.2 Å². The van der Waals surface area contributed by atoms with Crippen molar-refractivity contribution in [2.45, 2.75) is 142 Å². The van der Waals surface area contributed by atoms with Crippen molar-refractivity contribution in [2.24, 2.45) is 11.3 Å². The third kappa shape index (κ3) is 9.57. The molecule has 5 atom stereocenters. The highest BCUT2D eigenvalue weighted by molar-refractivity contribution is 7.07. The zero-order valence-electron chi connectivity index (χ0n) is 31.4. The van der Waals surface area contributed by atoms with Crippen LogP contribution in [0.2, 0.25) is 0 Å². The van der Waals surface area contributed by atoms with Gasteiger partial charge in [0.25, 0.3) is 0 Å². The topological polar surface area (TPSA) is 71.9 Å². The number of thiazole rings is 1. The number of methoxy groups -OCH3 is 1. The Labute approximate surface area is 306 Å². The van der Waals surface area contributed by atoms with Crippen molar-refractivity contribution in [3.05, 3.63) is 75.7 Å². The van der Waals surface area contributed by atoms with Gasteiger partial charge < -0.3 is 14.6 Å². The van der Waals surface area contributed by atoms with Crippen molar-refractivity contribution in [1.82, 2.24) is 9.88 Å². The lowest BCUT2D eigenvalue weighted by molar-refractivity contribution is -0.124. The van der Waals surface area contributed by atoms with Crippen molar-refractivity contribution in [3.8, 4) is 11.5 Å². The fourth-order valence-corrected chi connectivity index (χ4v) is 9.04. The predicted octanol–water partition coefficient (Wildman–Crippen LogP) is 10.1. The average Bonchev–Trinajstić information content (AvgIpc) is 3.87. The number of ketones is 1. The fraction of sp³-hybridized carbons (Fsp3) is 0.628. The van der Waals surface area contributed by atoms with Crippen LogP contribution in [-0.2, 0) is 17.6 Å². The number of aliphatic hydroxyl groups excluding tert-OH is 1. The molecule has 274 valence electrons. The van der Waals surface area contributed by atoms with E-state index in [1.165, 1.54) is 68.9 Å². The molecule has 0 spiro atoms. The van der Waals surface area contributed by atoms with Gasteiger partial charge in [-0.3, -0.25) is 9.69 Å². The number of carbonyl (C=O) groups excluding carboxylic acids is 1. The molecule has 2 aliphatic rings. The molecule has 6 nitrogen and oxygen atoms in total. The molecule has 1 aliphatic carbocycles. The summed E-state index contributed by atoms with van der Waals surface area (Å²) in [6.45, 7) is 9.86. The number of hydrogen-bond donors (Lipinski definition) is 1. The molecule has 5 rings (SSSR count). The highest BCUT2D eigenvalue weighted by Crippen LogP contribution is 2.50. The lowest BCUT2D eigenvalue weighted by atomic mass is 9.72. The molecule has 3 aromatic rings. The number of carbonyl (C=O) groups is 1. The molecule has 7 heteroatoms. The number of rotatable bonds is 21. The van der Waals surface area contributed by atoms with E-state index in [0.29, 0.717) is 18.7 Å². The Bertz CT molecular complexity index is 1450. The summed E-state index contributed by atoms with van der Waals surface area (Å²) in [7, 11) is 1.69. The Morgan fingerprint density at radius 3 is 2.18 bits per heavy atom. The lowest BCUT2D eigenvalue weighted by Gasteiger charge is -2.35. The van der Waals surface area contributed by atoms with Crippen LogP contribution in [0.15, 0.2) is 53.4 Å². The van der Waals surface area contributed by atoms with E-state index in [1.54, 1.807) is 18.4 Å².